The second-order valence-electron chi connectivity index (χ2n) is 4.80. The molecule has 0 saturated heterocycles. The van der Waals surface area contributed by atoms with Gasteiger partial charge in [-0.1, -0.05) is 35.9 Å². The van der Waals surface area contributed by atoms with Crippen LogP contribution in [0.2, 0.25) is 5.02 Å². The Morgan fingerprint density at radius 1 is 1.30 bits per heavy atom. The molecule has 0 aliphatic rings. The van der Waals surface area contributed by atoms with E-state index in [9.17, 15) is 4.79 Å². The molecule has 0 unspecified atom stereocenters. The van der Waals surface area contributed by atoms with Crippen LogP contribution < -0.4 is 5.32 Å². The number of nitrogens with one attached hydrogen (secondary N) is 1. The smallest absolute Gasteiger partial charge is 0.224 e. The van der Waals surface area contributed by atoms with E-state index in [2.05, 4.69) is 10.3 Å². The minimum absolute atomic E-state index is 0.00227. The Hall–Kier alpha value is -1.87. The van der Waals surface area contributed by atoms with Crippen LogP contribution >= 0.6 is 11.6 Å². The van der Waals surface area contributed by atoms with E-state index in [1.54, 1.807) is 12.4 Å². The summed E-state index contributed by atoms with van der Waals surface area (Å²) in [5, 5.41) is 3.72. The van der Waals surface area contributed by atoms with Crippen molar-refractivity contribution in [1.82, 2.24) is 10.3 Å². The van der Waals surface area contributed by atoms with Crippen molar-refractivity contribution in [2.24, 2.45) is 0 Å². The maximum absolute atomic E-state index is 11.9. The molecule has 2 rings (SSSR count). The number of pyridine rings is 1. The Bertz CT molecular complexity index is 572. The number of rotatable bonds is 5. The van der Waals surface area contributed by atoms with E-state index in [-0.39, 0.29) is 11.9 Å². The van der Waals surface area contributed by atoms with Gasteiger partial charge in [0.1, 0.15) is 0 Å². The Morgan fingerprint density at radius 3 is 2.80 bits per heavy atom. The lowest BCUT2D eigenvalue weighted by molar-refractivity contribution is -0.121. The van der Waals surface area contributed by atoms with Gasteiger partial charge in [0.25, 0.3) is 0 Å². The molecule has 1 heterocycles. The van der Waals surface area contributed by atoms with Gasteiger partial charge in [0.05, 0.1) is 6.42 Å². The number of carbonyl (C=O) groups excluding carboxylic acids is 1. The van der Waals surface area contributed by atoms with Gasteiger partial charge in [0.2, 0.25) is 5.91 Å². The van der Waals surface area contributed by atoms with Gasteiger partial charge in [-0.2, -0.15) is 0 Å². The van der Waals surface area contributed by atoms with Crippen LogP contribution in [0.1, 0.15) is 18.1 Å². The molecule has 0 bridgehead atoms. The number of aromatic nitrogens is 1. The highest BCUT2D eigenvalue weighted by Crippen LogP contribution is 2.16. The number of amides is 1. The fourth-order valence-electron chi connectivity index (χ4n) is 2.06. The molecule has 1 aromatic carbocycles. The molecule has 0 fully saturated rings. The van der Waals surface area contributed by atoms with Crippen LogP contribution in [0.3, 0.4) is 0 Å². The first-order valence-corrected chi connectivity index (χ1v) is 6.94. The molecule has 0 spiro atoms. The lowest BCUT2D eigenvalue weighted by Crippen LogP contribution is -2.35. The van der Waals surface area contributed by atoms with E-state index in [4.69, 9.17) is 11.6 Å². The van der Waals surface area contributed by atoms with Gasteiger partial charge in [-0.3, -0.25) is 9.78 Å². The van der Waals surface area contributed by atoms with Crippen molar-refractivity contribution in [2.45, 2.75) is 25.8 Å². The SMILES string of the molecule is C[C@@H](Cc1ccccc1Cl)NC(=O)Cc1cccnc1. The molecule has 3 nitrogen and oxygen atoms in total. The Morgan fingerprint density at radius 2 is 2.10 bits per heavy atom. The normalized spacial score (nSPS) is 11.9. The summed E-state index contributed by atoms with van der Waals surface area (Å²) in [6, 6.07) is 11.5. The fourth-order valence-corrected chi connectivity index (χ4v) is 2.27. The second kappa shape index (κ2) is 7.06. The summed E-state index contributed by atoms with van der Waals surface area (Å²) in [5.74, 6) is -0.00227. The zero-order valence-electron chi connectivity index (χ0n) is 11.3. The van der Waals surface area contributed by atoms with Gasteiger partial charge < -0.3 is 5.32 Å². The lowest BCUT2D eigenvalue weighted by Gasteiger charge is -2.14. The number of benzene rings is 1. The molecule has 1 amide bonds. The van der Waals surface area contributed by atoms with Crippen molar-refractivity contribution in [3.63, 3.8) is 0 Å². The quantitative estimate of drug-likeness (QED) is 0.919. The largest absolute Gasteiger partial charge is 0.353 e. The van der Waals surface area contributed by atoms with E-state index in [1.165, 1.54) is 0 Å². The summed E-state index contributed by atoms with van der Waals surface area (Å²) in [4.78, 5) is 15.9. The second-order valence-corrected chi connectivity index (χ2v) is 5.21. The standard InChI is InChI=1S/C16H17ClN2O/c1-12(9-14-6-2-3-7-15(14)17)19-16(20)10-13-5-4-8-18-11-13/h2-8,11-12H,9-10H2,1H3,(H,19,20)/t12-/m0/s1. The van der Waals surface area contributed by atoms with Crippen molar-refractivity contribution >= 4 is 17.5 Å². The molecule has 0 aliphatic carbocycles. The number of carbonyl (C=O) groups is 1. The highest BCUT2D eigenvalue weighted by molar-refractivity contribution is 6.31. The number of hydrogen-bond acceptors (Lipinski definition) is 2. The third-order valence-electron chi connectivity index (χ3n) is 2.98. The predicted molar refractivity (Wildman–Crippen MR) is 80.7 cm³/mol. The van der Waals surface area contributed by atoms with Gasteiger partial charge in [-0.15, -0.1) is 0 Å². The molecular formula is C16H17ClN2O. The summed E-state index contributed by atoms with van der Waals surface area (Å²) < 4.78 is 0. The molecule has 0 saturated carbocycles. The third kappa shape index (κ3) is 4.35. The minimum atomic E-state index is -0.00227. The van der Waals surface area contributed by atoms with Gasteiger partial charge in [0, 0.05) is 23.5 Å². The van der Waals surface area contributed by atoms with E-state index in [1.807, 2.05) is 43.3 Å². The van der Waals surface area contributed by atoms with E-state index < -0.39 is 0 Å². The summed E-state index contributed by atoms with van der Waals surface area (Å²) in [7, 11) is 0. The van der Waals surface area contributed by atoms with Crippen LogP contribution in [0.15, 0.2) is 48.8 Å². The van der Waals surface area contributed by atoms with Crippen molar-refractivity contribution in [3.8, 4) is 0 Å². The van der Waals surface area contributed by atoms with Gasteiger partial charge in [-0.25, -0.2) is 0 Å². The van der Waals surface area contributed by atoms with Crippen molar-refractivity contribution in [2.75, 3.05) is 0 Å². The Balaban J connectivity index is 1.87. The van der Waals surface area contributed by atoms with Crippen molar-refractivity contribution in [1.29, 1.82) is 0 Å². The topological polar surface area (TPSA) is 42.0 Å². The predicted octanol–water partition coefficient (Wildman–Crippen LogP) is 3.02. The zero-order chi connectivity index (χ0) is 14.4. The first kappa shape index (κ1) is 14.5. The molecular weight excluding hydrogens is 272 g/mol. The first-order chi connectivity index (χ1) is 9.65. The van der Waals surface area contributed by atoms with Gasteiger partial charge >= 0.3 is 0 Å². The van der Waals surface area contributed by atoms with Crippen LogP contribution in [-0.2, 0) is 17.6 Å². The van der Waals surface area contributed by atoms with Crippen molar-refractivity contribution < 1.29 is 4.79 Å². The molecule has 4 heteroatoms. The number of hydrogen-bond donors (Lipinski definition) is 1. The van der Waals surface area contributed by atoms with Crippen LogP contribution in [-0.4, -0.2) is 16.9 Å². The summed E-state index contributed by atoms with van der Waals surface area (Å²) >= 11 is 6.11. The molecule has 1 N–H and O–H groups in total. The van der Waals surface area contributed by atoms with E-state index >= 15 is 0 Å². The van der Waals surface area contributed by atoms with Gasteiger partial charge in [0.15, 0.2) is 0 Å². The summed E-state index contributed by atoms with van der Waals surface area (Å²) in [6.45, 7) is 1.98. The molecule has 20 heavy (non-hydrogen) atoms. The Kier molecular flexibility index (Phi) is 5.13. The fraction of sp³-hybridized carbons (Fsp3) is 0.250. The van der Waals surface area contributed by atoms with Crippen LogP contribution in [0.25, 0.3) is 0 Å². The molecule has 0 aliphatic heterocycles. The van der Waals surface area contributed by atoms with Crippen LogP contribution in [0.5, 0.6) is 0 Å². The first-order valence-electron chi connectivity index (χ1n) is 6.57. The monoisotopic (exact) mass is 288 g/mol. The average molecular weight is 289 g/mol. The van der Waals surface area contributed by atoms with Crippen LogP contribution in [0.4, 0.5) is 0 Å². The number of halogens is 1. The van der Waals surface area contributed by atoms with E-state index in [0.717, 1.165) is 22.6 Å². The minimum Gasteiger partial charge on any atom is -0.353 e. The molecule has 1 atom stereocenters. The maximum Gasteiger partial charge on any atom is 0.224 e. The third-order valence-corrected chi connectivity index (χ3v) is 3.35. The number of nitrogens with zero attached hydrogens (tertiary/aromatic N) is 1. The van der Waals surface area contributed by atoms with Crippen molar-refractivity contribution in [3.05, 3.63) is 64.9 Å². The Labute approximate surface area is 124 Å². The van der Waals surface area contributed by atoms with Gasteiger partial charge in [-0.05, 0) is 36.6 Å². The van der Waals surface area contributed by atoms with Crippen LogP contribution in [0, 0.1) is 0 Å². The zero-order valence-corrected chi connectivity index (χ0v) is 12.1. The van der Waals surface area contributed by atoms with E-state index in [0.29, 0.717) is 6.42 Å². The summed E-state index contributed by atoms with van der Waals surface area (Å²) in [5.41, 5.74) is 1.96. The highest BCUT2D eigenvalue weighted by atomic mass is 35.5. The average Bonchev–Trinajstić information content (AvgIpc) is 2.42. The molecule has 104 valence electrons. The molecule has 1 aromatic heterocycles. The highest BCUT2D eigenvalue weighted by Gasteiger charge is 2.10. The molecule has 0 radical (unpaired) electrons. The molecule has 2 aromatic rings. The maximum atomic E-state index is 11.9. The lowest BCUT2D eigenvalue weighted by atomic mass is 10.1. The summed E-state index contributed by atoms with van der Waals surface area (Å²) in [6.07, 6.45) is 4.47.